The minimum absolute atomic E-state index is 0.0370. The van der Waals surface area contributed by atoms with Gasteiger partial charge in [0, 0.05) is 6.54 Å². The summed E-state index contributed by atoms with van der Waals surface area (Å²) in [6.45, 7) is -0.0370. The second kappa shape index (κ2) is 3.77. The summed E-state index contributed by atoms with van der Waals surface area (Å²) in [6.07, 6.45) is 0. The van der Waals surface area contributed by atoms with Crippen LogP contribution in [0.2, 0.25) is 0 Å². The fourth-order valence-corrected chi connectivity index (χ4v) is 1.19. The van der Waals surface area contributed by atoms with Gasteiger partial charge in [0.2, 0.25) is 0 Å². The zero-order valence-electron chi connectivity index (χ0n) is 7.19. The molecule has 0 saturated heterocycles. The Balaban J connectivity index is 3.50. The number of nitriles is 1. The molecule has 0 atom stereocenters. The summed E-state index contributed by atoms with van der Waals surface area (Å²) >= 11 is 0. The highest BCUT2D eigenvalue weighted by Crippen LogP contribution is 2.21. The summed E-state index contributed by atoms with van der Waals surface area (Å²) in [7, 11) is 0. The highest BCUT2D eigenvalue weighted by atomic mass is 16.4. The van der Waals surface area contributed by atoms with E-state index in [0.717, 1.165) is 6.07 Å². The number of carboxylic acid groups (broad SMARTS) is 1. The molecule has 5 heteroatoms. The Labute approximate surface area is 80.0 Å². The first-order valence-corrected chi connectivity index (χ1v) is 3.79. The smallest absolute Gasteiger partial charge is 0.337 e. The summed E-state index contributed by atoms with van der Waals surface area (Å²) in [5.74, 6) is -1.38. The van der Waals surface area contributed by atoms with Crippen LogP contribution in [0.3, 0.4) is 0 Å². The molecule has 0 aromatic heterocycles. The third-order valence-electron chi connectivity index (χ3n) is 1.76. The Kier molecular flexibility index (Phi) is 2.70. The number of rotatable bonds is 2. The quantitative estimate of drug-likeness (QED) is 0.629. The molecular formula is C9H8N2O3. The lowest BCUT2D eigenvalue weighted by Gasteiger charge is -2.05. The van der Waals surface area contributed by atoms with Crippen molar-refractivity contribution in [3.63, 3.8) is 0 Å². The predicted molar refractivity (Wildman–Crippen MR) is 47.7 cm³/mol. The van der Waals surface area contributed by atoms with E-state index in [9.17, 15) is 4.79 Å². The highest BCUT2D eigenvalue weighted by molar-refractivity contribution is 5.92. The second-order valence-electron chi connectivity index (χ2n) is 2.65. The first kappa shape index (κ1) is 10.0. The van der Waals surface area contributed by atoms with Crippen molar-refractivity contribution >= 4 is 5.97 Å². The summed E-state index contributed by atoms with van der Waals surface area (Å²) in [4.78, 5) is 10.8. The summed E-state index contributed by atoms with van der Waals surface area (Å²) in [6, 6.07) is 4.04. The molecule has 0 aliphatic carbocycles. The van der Waals surface area contributed by atoms with Crippen molar-refractivity contribution in [2.24, 2.45) is 5.73 Å². The Hall–Kier alpha value is -2.06. The summed E-state index contributed by atoms with van der Waals surface area (Å²) < 4.78 is 0. The highest BCUT2D eigenvalue weighted by Gasteiger charge is 2.15. The van der Waals surface area contributed by atoms with Crippen LogP contribution in [0.4, 0.5) is 0 Å². The molecule has 1 aromatic rings. The Morgan fingerprint density at radius 3 is 2.64 bits per heavy atom. The van der Waals surface area contributed by atoms with Gasteiger partial charge in [-0.25, -0.2) is 4.79 Å². The number of benzene rings is 1. The molecule has 0 radical (unpaired) electrons. The molecule has 0 saturated carbocycles. The van der Waals surface area contributed by atoms with E-state index in [1.54, 1.807) is 6.07 Å². The number of hydrogen-bond acceptors (Lipinski definition) is 4. The standard InChI is InChI=1S/C9H8N2O3/c10-3-5-1-7(12)2-6(4-11)8(5)9(13)14/h1-2,12H,3,10H2,(H,13,14). The topological polar surface area (TPSA) is 107 Å². The molecule has 5 nitrogen and oxygen atoms in total. The van der Waals surface area contributed by atoms with Gasteiger partial charge in [0.15, 0.2) is 0 Å². The molecule has 72 valence electrons. The van der Waals surface area contributed by atoms with Crippen LogP contribution in [0.25, 0.3) is 0 Å². The number of hydrogen-bond donors (Lipinski definition) is 3. The van der Waals surface area contributed by atoms with E-state index in [-0.39, 0.29) is 29.0 Å². The van der Waals surface area contributed by atoms with Crippen molar-refractivity contribution in [1.82, 2.24) is 0 Å². The zero-order valence-corrected chi connectivity index (χ0v) is 7.19. The van der Waals surface area contributed by atoms with E-state index in [2.05, 4.69) is 0 Å². The average molecular weight is 192 g/mol. The van der Waals surface area contributed by atoms with Crippen molar-refractivity contribution in [3.05, 3.63) is 28.8 Å². The van der Waals surface area contributed by atoms with Crippen molar-refractivity contribution in [2.75, 3.05) is 0 Å². The van der Waals surface area contributed by atoms with Gasteiger partial charge in [-0.1, -0.05) is 0 Å². The lowest BCUT2D eigenvalue weighted by Crippen LogP contribution is -2.09. The van der Waals surface area contributed by atoms with Crippen LogP contribution in [0.15, 0.2) is 12.1 Å². The van der Waals surface area contributed by atoms with Crippen LogP contribution in [-0.4, -0.2) is 16.2 Å². The fourth-order valence-electron chi connectivity index (χ4n) is 1.19. The first-order chi connectivity index (χ1) is 6.60. The van der Waals surface area contributed by atoms with Crippen molar-refractivity contribution in [1.29, 1.82) is 5.26 Å². The number of nitrogens with zero attached hydrogens (tertiary/aromatic N) is 1. The van der Waals surface area contributed by atoms with Gasteiger partial charge < -0.3 is 15.9 Å². The Bertz CT molecular complexity index is 421. The normalized spacial score (nSPS) is 9.43. The SMILES string of the molecule is N#Cc1cc(O)cc(CN)c1C(=O)O. The van der Waals surface area contributed by atoms with E-state index >= 15 is 0 Å². The molecule has 0 spiro atoms. The van der Waals surface area contributed by atoms with Gasteiger partial charge in [0.05, 0.1) is 11.1 Å². The maximum atomic E-state index is 10.8. The Morgan fingerprint density at radius 2 is 2.21 bits per heavy atom. The molecule has 0 aliphatic heterocycles. The molecule has 0 bridgehead atoms. The van der Waals surface area contributed by atoms with Crippen LogP contribution in [0, 0.1) is 11.3 Å². The number of aromatic carboxylic acids is 1. The predicted octanol–water partition coefficient (Wildman–Crippen LogP) is 0.421. The van der Waals surface area contributed by atoms with E-state index in [1.807, 2.05) is 0 Å². The molecular weight excluding hydrogens is 184 g/mol. The van der Waals surface area contributed by atoms with Crippen LogP contribution < -0.4 is 5.73 Å². The van der Waals surface area contributed by atoms with Crippen LogP contribution in [0.5, 0.6) is 5.75 Å². The van der Waals surface area contributed by atoms with Gasteiger partial charge in [-0.05, 0) is 17.7 Å². The number of carbonyl (C=O) groups is 1. The monoisotopic (exact) mass is 192 g/mol. The average Bonchev–Trinajstić information content (AvgIpc) is 2.15. The van der Waals surface area contributed by atoms with E-state index in [4.69, 9.17) is 21.2 Å². The summed E-state index contributed by atoms with van der Waals surface area (Å²) in [5.41, 5.74) is 5.31. The minimum Gasteiger partial charge on any atom is -0.508 e. The maximum absolute atomic E-state index is 10.8. The van der Waals surface area contributed by atoms with E-state index < -0.39 is 5.97 Å². The molecule has 14 heavy (non-hydrogen) atoms. The third kappa shape index (κ3) is 1.65. The molecule has 1 rings (SSSR count). The number of aromatic hydroxyl groups is 1. The second-order valence-corrected chi connectivity index (χ2v) is 2.65. The summed E-state index contributed by atoms with van der Waals surface area (Å²) in [5, 5.41) is 26.6. The van der Waals surface area contributed by atoms with Gasteiger partial charge in [-0.2, -0.15) is 5.26 Å². The molecule has 0 unspecified atom stereocenters. The van der Waals surface area contributed by atoms with Crippen LogP contribution >= 0.6 is 0 Å². The molecule has 0 amide bonds. The van der Waals surface area contributed by atoms with Crippen molar-refractivity contribution in [3.8, 4) is 11.8 Å². The zero-order chi connectivity index (χ0) is 10.7. The lowest BCUT2D eigenvalue weighted by molar-refractivity contribution is 0.0695. The lowest BCUT2D eigenvalue weighted by atomic mass is 10.0. The minimum atomic E-state index is -1.22. The largest absolute Gasteiger partial charge is 0.508 e. The van der Waals surface area contributed by atoms with E-state index in [0.29, 0.717) is 0 Å². The Morgan fingerprint density at radius 1 is 1.57 bits per heavy atom. The van der Waals surface area contributed by atoms with Crippen LogP contribution in [0.1, 0.15) is 21.5 Å². The molecule has 4 N–H and O–H groups in total. The van der Waals surface area contributed by atoms with Gasteiger partial charge >= 0.3 is 5.97 Å². The molecule has 1 aromatic carbocycles. The maximum Gasteiger partial charge on any atom is 0.337 e. The first-order valence-electron chi connectivity index (χ1n) is 3.79. The van der Waals surface area contributed by atoms with Gasteiger partial charge in [0.25, 0.3) is 0 Å². The van der Waals surface area contributed by atoms with Crippen molar-refractivity contribution in [2.45, 2.75) is 6.54 Å². The molecule has 0 fully saturated rings. The van der Waals surface area contributed by atoms with Gasteiger partial charge in [-0.3, -0.25) is 0 Å². The van der Waals surface area contributed by atoms with Gasteiger partial charge in [-0.15, -0.1) is 0 Å². The van der Waals surface area contributed by atoms with Crippen molar-refractivity contribution < 1.29 is 15.0 Å². The number of phenolic OH excluding ortho intramolecular Hbond substituents is 1. The fraction of sp³-hybridized carbons (Fsp3) is 0.111. The van der Waals surface area contributed by atoms with Crippen LogP contribution in [-0.2, 0) is 6.54 Å². The molecule has 0 aliphatic rings. The third-order valence-corrected chi connectivity index (χ3v) is 1.76. The molecule has 0 heterocycles. The number of phenols is 1. The van der Waals surface area contributed by atoms with E-state index in [1.165, 1.54) is 6.07 Å². The number of carboxylic acids is 1. The number of nitrogens with two attached hydrogens (primary N) is 1. The van der Waals surface area contributed by atoms with Gasteiger partial charge in [0.1, 0.15) is 11.8 Å².